The van der Waals surface area contributed by atoms with E-state index in [2.05, 4.69) is 0 Å². The summed E-state index contributed by atoms with van der Waals surface area (Å²) in [4.78, 5) is 0. The van der Waals surface area contributed by atoms with Gasteiger partial charge in [0.1, 0.15) is 0 Å². The molecule has 18 heavy (non-hydrogen) atoms. The molecule has 1 saturated carbocycles. The van der Waals surface area contributed by atoms with Crippen molar-refractivity contribution in [3.63, 3.8) is 0 Å². The largest absolute Gasteiger partial charge is 0.381 e. The molecule has 2 fully saturated rings. The van der Waals surface area contributed by atoms with E-state index in [4.69, 9.17) is 16.3 Å². The van der Waals surface area contributed by atoms with Crippen LogP contribution in [-0.4, -0.2) is 49.7 Å². The third-order valence-corrected chi connectivity index (χ3v) is 6.63. The smallest absolute Gasteiger partial charge is 0.217 e. The van der Waals surface area contributed by atoms with E-state index in [1.165, 1.54) is 0 Å². The van der Waals surface area contributed by atoms with Crippen molar-refractivity contribution >= 4 is 21.6 Å². The Morgan fingerprint density at radius 1 is 1.17 bits per heavy atom. The van der Waals surface area contributed by atoms with Gasteiger partial charge in [0, 0.05) is 31.7 Å². The molecular formula is C12H22ClNO3S. The molecular weight excluding hydrogens is 274 g/mol. The van der Waals surface area contributed by atoms with E-state index in [0.717, 1.165) is 25.7 Å². The molecule has 4 nitrogen and oxygen atoms in total. The van der Waals surface area contributed by atoms with E-state index in [0.29, 0.717) is 38.5 Å². The molecule has 0 aromatic carbocycles. The van der Waals surface area contributed by atoms with E-state index in [-0.39, 0.29) is 11.3 Å². The normalized spacial score (nSPS) is 23.2. The Morgan fingerprint density at radius 2 is 1.83 bits per heavy atom. The van der Waals surface area contributed by atoms with Gasteiger partial charge in [-0.1, -0.05) is 6.42 Å². The molecule has 1 heterocycles. The topological polar surface area (TPSA) is 46.6 Å². The molecule has 0 atom stereocenters. The molecule has 2 rings (SSSR count). The molecule has 2 aliphatic rings. The summed E-state index contributed by atoms with van der Waals surface area (Å²) in [5, 5.41) is -0.248. The van der Waals surface area contributed by atoms with Crippen LogP contribution >= 0.6 is 11.6 Å². The molecule has 0 spiro atoms. The lowest BCUT2D eigenvalue weighted by atomic mass is 9.93. The van der Waals surface area contributed by atoms with Crippen LogP contribution < -0.4 is 0 Å². The number of hydrogen-bond donors (Lipinski definition) is 0. The van der Waals surface area contributed by atoms with Crippen molar-refractivity contribution in [2.24, 2.45) is 0 Å². The average molecular weight is 296 g/mol. The molecule has 1 saturated heterocycles. The zero-order valence-corrected chi connectivity index (χ0v) is 12.3. The van der Waals surface area contributed by atoms with Gasteiger partial charge in [-0.2, -0.15) is 4.31 Å². The molecule has 0 amide bonds. The minimum absolute atomic E-state index is 0.223. The Balaban J connectivity index is 2.06. The number of nitrogens with zero attached hydrogens (tertiary/aromatic N) is 1. The van der Waals surface area contributed by atoms with Gasteiger partial charge in [-0.25, -0.2) is 8.42 Å². The number of halogens is 1. The summed E-state index contributed by atoms with van der Waals surface area (Å²) in [6, 6.07) is 0.223. The van der Waals surface area contributed by atoms with Crippen molar-refractivity contribution in [1.29, 1.82) is 0 Å². The van der Waals surface area contributed by atoms with Crippen LogP contribution in [0.1, 0.15) is 38.5 Å². The summed E-state index contributed by atoms with van der Waals surface area (Å²) in [6.45, 7) is 1.71. The van der Waals surface area contributed by atoms with Crippen LogP contribution in [-0.2, 0) is 14.8 Å². The third-order valence-electron chi connectivity index (χ3n) is 3.91. The zero-order chi connectivity index (χ0) is 13.0. The number of alkyl halides is 1. The van der Waals surface area contributed by atoms with Crippen LogP contribution in [0.2, 0.25) is 0 Å². The van der Waals surface area contributed by atoms with Crippen LogP contribution in [0.15, 0.2) is 0 Å². The monoisotopic (exact) mass is 295 g/mol. The highest BCUT2D eigenvalue weighted by molar-refractivity contribution is 7.89. The highest BCUT2D eigenvalue weighted by Crippen LogP contribution is 2.30. The second kappa shape index (κ2) is 6.55. The highest BCUT2D eigenvalue weighted by atomic mass is 35.5. The van der Waals surface area contributed by atoms with Gasteiger partial charge in [-0.3, -0.25) is 0 Å². The first-order valence-corrected chi connectivity index (χ1v) is 8.84. The van der Waals surface area contributed by atoms with Gasteiger partial charge in [0.05, 0.1) is 5.25 Å². The van der Waals surface area contributed by atoms with Crippen LogP contribution in [0, 0.1) is 0 Å². The summed E-state index contributed by atoms with van der Waals surface area (Å²) in [6.07, 6.45) is 5.15. The van der Waals surface area contributed by atoms with Gasteiger partial charge in [0.25, 0.3) is 0 Å². The lowest BCUT2D eigenvalue weighted by Crippen LogP contribution is -2.49. The zero-order valence-electron chi connectivity index (χ0n) is 10.7. The minimum atomic E-state index is -3.16. The molecule has 106 valence electrons. The Kier molecular flexibility index (Phi) is 5.30. The number of hydrogen-bond acceptors (Lipinski definition) is 3. The lowest BCUT2D eigenvalue weighted by Gasteiger charge is -2.39. The predicted molar refractivity (Wildman–Crippen MR) is 72.4 cm³/mol. The Labute approximate surface area is 115 Å². The highest BCUT2D eigenvalue weighted by Gasteiger charge is 2.38. The summed E-state index contributed by atoms with van der Waals surface area (Å²) < 4.78 is 32.3. The van der Waals surface area contributed by atoms with Crippen molar-refractivity contribution < 1.29 is 13.2 Å². The van der Waals surface area contributed by atoms with E-state index < -0.39 is 10.0 Å². The molecule has 1 aliphatic carbocycles. The van der Waals surface area contributed by atoms with Crippen molar-refractivity contribution in [2.45, 2.75) is 49.8 Å². The predicted octanol–water partition coefficient (Wildman–Crippen LogP) is 1.98. The maximum atomic E-state index is 12.7. The van der Waals surface area contributed by atoms with Crippen LogP contribution in [0.5, 0.6) is 0 Å². The fourth-order valence-electron chi connectivity index (χ4n) is 2.57. The van der Waals surface area contributed by atoms with Crippen LogP contribution in [0.3, 0.4) is 0 Å². The molecule has 0 bridgehead atoms. The van der Waals surface area contributed by atoms with Gasteiger partial charge in [0.15, 0.2) is 0 Å². The summed E-state index contributed by atoms with van der Waals surface area (Å²) >= 11 is 5.71. The molecule has 6 heteroatoms. The first-order valence-electron chi connectivity index (χ1n) is 6.80. The minimum Gasteiger partial charge on any atom is -0.381 e. The average Bonchev–Trinajstić information content (AvgIpc) is 2.33. The van der Waals surface area contributed by atoms with Gasteiger partial charge < -0.3 is 4.74 Å². The molecule has 0 aromatic rings. The quantitative estimate of drug-likeness (QED) is 0.704. The summed E-state index contributed by atoms with van der Waals surface area (Å²) in [5.41, 5.74) is 0. The van der Waals surface area contributed by atoms with E-state index in [9.17, 15) is 8.42 Å². The Bertz CT molecular complexity index is 350. The maximum absolute atomic E-state index is 12.7. The van der Waals surface area contributed by atoms with Gasteiger partial charge in [-0.05, 0) is 32.1 Å². The summed E-state index contributed by atoms with van der Waals surface area (Å²) in [5.74, 6) is 0.520. The molecule has 1 aliphatic heterocycles. The second-order valence-corrected chi connectivity index (χ2v) is 7.64. The van der Waals surface area contributed by atoms with Gasteiger partial charge in [0.2, 0.25) is 10.0 Å². The van der Waals surface area contributed by atoms with E-state index >= 15 is 0 Å². The van der Waals surface area contributed by atoms with Crippen LogP contribution in [0.25, 0.3) is 0 Å². The van der Waals surface area contributed by atoms with Crippen molar-refractivity contribution in [2.75, 3.05) is 25.6 Å². The van der Waals surface area contributed by atoms with Crippen molar-refractivity contribution in [3.05, 3.63) is 0 Å². The molecule has 0 radical (unpaired) electrons. The Morgan fingerprint density at radius 3 is 2.33 bits per heavy atom. The van der Waals surface area contributed by atoms with Crippen molar-refractivity contribution in [3.8, 4) is 0 Å². The molecule has 0 N–H and O–H groups in total. The fourth-order valence-corrected chi connectivity index (χ4v) is 4.87. The van der Waals surface area contributed by atoms with E-state index in [1.807, 2.05) is 0 Å². The van der Waals surface area contributed by atoms with Crippen LogP contribution in [0.4, 0.5) is 0 Å². The number of rotatable bonds is 6. The Hall–Kier alpha value is 0.160. The van der Waals surface area contributed by atoms with Gasteiger partial charge in [-0.15, -0.1) is 11.6 Å². The first-order chi connectivity index (χ1) is 8.66. The lowest BCUT2D eigenvalue weighted by molar-refractivity contribution is 0.0959. The third kappa shape index (κ3) is 3.18. The molecule has 0 unspecified atom stereocenters. The number of sulfonamides is 1. The van der Waals surface area contributed by atoms with Crippen molar-refractivity contribution in [1.82, 2.24) is 4.31 Å². The molecule has 0 aromatic heterocycles. The SMILES string of the molecule is O=S(=O)(C1CCOCC1)N(CCCCl)C1CCC1. The standard InChI is InChI=1S/C12H22ClNO3S/c13-7-2-8-14(11-3-1-4-11)18(15,16)12-5-9-17-10-6-12/h11-12H,1-10H2. The van der Waals surface area contributed by atoms with E-state index in [1.54, 1.807) is 4.31 Å². The summed E-state index contributed by atoms with van der Waals surface area (Å²) in [7, 11) is -3.16. The fraction of sp³-hybridized carbons (Fsp3) is 1.00. The first kappa shape index (κ1) is 14.6. The number of ether oxygens (including phenoxy) is 1. The maximum Gasteiger partial charge on any atom is 0.217 e. The van der Waals surface area contributed by atoms with Gasteiger partial charge >= 0.3 is 0 Å². The second-order valence-electron chi connectivity index (χ2n) is 5.09.